The third kappa shape index (κ3) is 8.39. The van der Waals surface area contributed by atoms with E-state index in [9.17, 15) is 0 Å². The Balaban J connectivity index is 1.35. The first-order valence-electron chi connectivity index (χ1n) is 19.5. The molecule has 4 heteroatoms. The van der Waals surface area contributed by atoms with Gasteiger partial charge in [0.05, 0.1) is 0 Å². The number of benzene rings is 8. The molecule has 0 bridgehead atoms. The summed E-state index contributed by atoms with van der Waals surface area (Å²) in [5.41, 5.74) is 21.2. The lowest BCUT2D eigenvalue weighted by atomic mass is 9.84. The van der Waals surface area contributed by atoms with Crippen molar-refractivity contribution in [2.24, 2.45) is 0 Å². The summed E-state index contributed by atoms with van der Waals surface area (Å²) in [6.45, 7) is 0. The van der Waals surface area contributed by atoms with Crippen molar-refractivity contribution >= 4 is 61.7 Å². The van der Waals surface area contributed by atoms with Crippen molar-refractivity contribution in [3.63, 3.8) is 0 Å². The molecule has 8 rings (SSSR count). The average Bonchev–Trinajstić information content (AvgIpc) is 3.31. The molecule has 0 radical (unpaired) electrons. The van der Waals surface area contributed by atoms with Crippen LogP contribution in [0.2, 0.25) is 0 Å². The summed E-state index contributed by atoms with van der Waals surface area (Å²) < 4.78 is 0. The Labute approximate surface area is 365 Å². The molecule has 58 heavy (non-hydrogen) atoms. The fourth-order valence-corrected chi connectivity index (χ4v) is 9.04. The van der Waals surface area contributed by atoms with E-state index in [4.69, 9.17) is 0 Å². The van der Waals surface area contributed by atoms with Crippen LogP contribution >= 0.6 is 50.5 Å². The van der Waals surface area contributed by atoms with E-state index in [1.54, 1.807) is 0 Å². The van der Waals surface area contributed by atoms with Crippen LogP contribution < -0.4 is 0 Å². The third-order valence-electron chi connectivity index (χ3n) is 10.9. The maximum atomic E-state index is 4.65. The smallest absolute Gasteiger partial charge is 0.0160 e. The topological polar surface area (TPSA) is 0 Å². The summed E-state index contributed by atoms with van der Waals surface area (Å²) in [7, 11) is 0. The third-order valence-corrected chi connectivity index (χ3v) is 12.3. The lowest BCUT2D eigenvalue weighted by Gasteiger charge is -2.20. The first kappa shape index (κ1) is 39.7. The zero-order valence-electron chi connectivity index (χ0n) is 32.1. The zero-order valence-corrected chi connectivity index (χ0v) is 35.7. The number of rotatable bonds is 12. The largest absolute Gasteiger partial charge is 0.175 e. The van der Waals surface area contributed by atoms with Gasteiger partial charge in [-0.25, -0.2) is 0 Å². The van der Waals surface area contributed by atoms with Gasteiger partial charge in [0.2, 0.25) is 0 Å². The summed E-state index contributed by atoms with van der Waals surface area (Å²) >= 11 is 18.6. The second-order valence-electron chi connectivity index (χ2n) is 14.3. The van der Waals surface area contributed by atoms with E-state index in [1.807, 2.05) is 0 Å². The molecule has 0 unspecified atom stereocenters. The Kier molecular flexibility index (Phi) is 12.8. The van der Waals surface area contributed by atoms with E-state index in [-0.39, 0.29) is 0 Å². The molecule has 0 saturated heterocycles. The Morgan fingerprint density at radius 3 is 0.621 bits per heavy atom. The second kappa shape index (κ2) is 18.7. The van der Waals surface area contributed by atoms with Gasteiger partial charge in [-0.3, -0.25) is 0 Å². The van der Waals surface area contributed by atoms with Crippen LogP contribution in [0.4, 0.5) is 0 Å². The highest BCUT2D eigenvalue weighted by molar-refractivity contribution is 7.79. The van der Waals surface area contributed by atoms with E-state index in [0.717, 1.165) is 33.4 Å². The molecule has 284 valence electrons. The minimum absolute atomic E-state index is 0.679. The Hall–Kier alpha value is -5.10. The molecule has 0 aromatic heterocycles. The van der Waals surface area contributed by atoms with Gasteiger partial charge in [-0.15, -0.1) is 0 Å². The summed E-state index contributed by atoms with van der Waals surface area (Å²) in [6.07, 6.45) is 0. The number of thiol groups is 4. The highest BCUT2D eigenvalue weighted by Gasteiger charge is 2.19. The summed E-state index contributed by atoms with van der Waals surface area (Å²) in [5.74, 6) is 2.72. The first-order chi connectivity index (χ1) is 28.6. The van der Waals surface area contributed by atoms with E-state index in [0.29, 0.717) is 23.0 Å². The summed E-state index contributed by atoms with van der Waals surface area (Å²) in [6, 6.07) is 70.3. The molecule has 0 atom stereocenters. The van der Waals surface area contributed by atoms with Crippen LogP contribution in [0, 0.1) is 0 Å². The molecular formula is C54H44S4. The molecule has 0 amide bonds. The molecule has 0 nitrogen and oxygen atoms in total. The molecule has 0 heterocycles. The molecule has 0 aliphatic heterocycles. The fourth-order valence-electron chi connectivity index (χ4n) is 7.94. The number of hydrogen-bond acceptors (Lipinski definition) is 4. The molecule has 0 spiro atoms. The lowest BCUT2D eigenvalue weighted by Crippen LogP contribution is -1.99. The molecule has 8 aromatic carbocycles. The summed E-state index contributed by atoms with van der Waals surface area (Å²) in [4.78, 5) is 0. The van der Waals surface area contributed by atoms with Crippen molar-refractivity contribution in [2.75, 3.05) is 0 Å². The van der Waals surface area contributed by atoms with Gasteiger partial charge in [0, 0.05) is 23.0 Å². The highest BCUT2D eigenvalue weighted by Crippen LogP contribution is 2.40. The van der Waals surface area contributed by atoms with Crippen molar-refractivity contribution in [3.05, 3.63) is 239 Å². The molecule has 0 N–H and O–H groups in total. The molecular weight excluding hydrogens is 777 g/mol. The van der Waals surface area contributed by atoms with E-state index in [2.05, 4.69) is 245 Å². The van der Waals surface area contributed by atoms with Crippen LogP contribution in [0.25, 0.3) is 55.7 Å². The molecule has 0 saturated carbocycles. The minimum Gasteiger partial charge on any atom is -0.175 e. The maximum absolute atomic E-state index is 4.65. The van der Waals surface area contributed by atoms with E-state index >= 15 is 0 Å². The Morgan fingerprint density at radius 2 is 0.431 bits per heavy atom. The van der Waals surface area contributed by atoms with Crippen LogP contribution in [-0.4, -0.2) is 0 Å². The quantitative estimate of drug-likeness (QED) is 0.0685. The standard InChI is InChI=1S/C54H44S4/c55-33-45-9-1-5-13-49(45)37-17-25-41(26-18-37)53(42-27-19-38(20-28-42)50-14-6-2-10-46(50)34-56)54(43-29-21-39(22-30-43)51-15-7-3-11-47(51)35-57)44-31-23-40(24-32-44)52-16-8-4-12-48(52)36-58/h1-32,55-58H,33-36H2. The van der Waals surface area contributed by atoms with Crippen LogP contribution in [0.15, 0.2) is 194 Å². The van der Waals surface area contributed by atoms with E-state index in [1.165, 1.54) is 66.8 Å². The normalized spacial score (nSPS) is 11.0. The SMILES string of the molecule is SCc1ccccc1-c1ccc(C(=C(c2ccc(-c3ccccc3CS)cc2)c2ccc(-c3ccccc3CS)cc2)c2ccc(-c3ccccc3CS)cc2)cc1. The second-order valence-corrected chi connectivity index (χ2v) is 15.6. The lowest BCUT2D eigenvalue weighted by molar-refractivity contribution is 1.41. The maximum Gasteiger partial charge on any atom is 0.0160 e. The highest BCUT2D eigenvalue weighted by atomic mass is 32.1. The van der Waals surface area contributed by atoms with Gasteiger partial charge in [0.1, 0.15) is 0 Å². The molecule has 0 fully saturated rings. The van der Waals surface area contributed by atoms with Crippen molar-refractivity contribution in [1.29, 1.82) is 0 Å². The predicted octanol–water partition coefficient (Wildman–Crippen LogP) is 15.1. The van der Waals surface area contributed by atoms with Crippen LogP contribution in [-0.2, 0) is 23.0 Å². The monoisotopic (exact) mass is 820 g/mol. The summed E-state index contributed by atoms with van der Waals surface area (Å²) in [5, 5.41) is 0. The molecule has 8 aromatic rings. The van der Waals surface area contributed by atoms with Crippen molar-refractivity contribution in [3.8, 4) is 44.5 Å². The van der Waals surface area contributed by atoms with E-state index < -0.39 is 0 Å². The molecule has 0 aliphatic carbocycles. The van der Waals surface area contributed by atoms with Gasteiger partial charge >= 0.3 is 0 Å². The van der Waals surface area contributed by atoms with Crippen molar-refractivity contribution in [2.45, 2.75) is 23.0 Å². The van der Waals surface area contributed by atoms with Crippen molar-refractivity contribution in [1.82, 2.24) is 0 Å². The van der Waals surface area contributed by atoms with Crippen LogP contribution in [0.3, 0.4) is 0 Å². The van der Waals surface area contributed by atoms with Gasteiger partial charge < -0.3 is 0 Å². The number of hydrogen-bond donors (Lipinski definition) is 4. The van der Waals surface area contributed by atoms with Gasteiger partial charge in [-0.05, 0) is 100 Å². The van der Waals surface area contributed by atoms with Gasteiger partial charge in [-0.1, -0.05) is 194 Å². The van der Waals surface area contributed by atoms with Crippen molar-refractivity contribution < 1.29 is 0 Å². The predicted molar refractivity (Wildman–Crippen MR) is 263 cm³/mol. The zero-order chi connectivity index (χ0) is 39.8. The Bertz CT molecular complexity index is 2300. The average molecular weight is 821 g/mol. The molecule has 0 aliphatic rings. The first-order valence-corrected chi connectivity index (χ1v) is 22.1. The van der Waals surface area contributed by atoms with Crippen LogP contribution in [0.5, 0.6) is 0 Å². The fraction of sp³-hybridized carbons (Fsp3) is 0.0741. The van der Waals surface area contributed by atoms with Gasteiger partial charge in [-0.2, -0.15) is 50.5 Å². The van der Waals surface area contributed by atoms with Gasteiger partial charge in [0.25, 0.3) is 0 Å². The van der Waals surface area contributed by atoms with Crippen LogP contribution in [0.1, 0.15) is 44.5 Å². The Morgan fingerprint density at radius 1 is 0.241 bits per heavy atom. The minimum atomic E-state index is 0.679. The van der Waals surface area contributed by atoms with Gasteiger partial charge in [0.15, 0.2) is 0 Å².